The van der Waals surface area contributed by atoms with Gasteiger partial charge in [-0.05, 0) is 41.3 Å². The minimum atomic E-state index is -0.648. The van der Waals surface area contributed by atoms with Crippen molar-refractivity contribution in [2.24, 2.45) is 5.92 Å². The molecule has 2 aromatic rings. The Morgan fingerprint density at radius 1 is 1.29 bits per heavy atom. The molecular weight excluding hydrogens is 282 g/mol. The van der Waals surface area contributed by atoms with Gasteiger partial charge in [-0.1, -0.05) is 30.3 Å². The van der Waals surface area contributed by atoms with Crippen LogP contribution in [-0.2, 0) is 4.79 Å². The third-order valence-electron chi connectivity index (χ3n) is 3.76. The van der Waals surface area contributed by atoms with Gasteiger partial charge in [-0.3, -0.25) is 4.79 Å². The van der Waals surface area contributed by atoms with Gasteiger partial charge in [-0.2, -0.15) is 0 Å². The van der Waals surface area contributed by atoms with Crippen LogP contribution >= 0.6 is 11.3 Å². The van der Waals surface area contributed by atoms with E-state index >= 15 is 0 Å². The molecule has 2 N–H and O–H groups in total. The van der Waals surface area contributed by atoms with Crippen molar-refractivity contribution < 1.29 is 9.90 Å². The standard InChI is InChI=1S/C17H19NO2S/c19-15(11-18-17(20)10-12-3-4-12)13-5-7-14(8-6-13)16-2-1-9-21-16/h1-2,5-9,12,15,19H,3-4,10-11H2,(H,18,20). The lowest BCUT2D eigenvalue weighted by molar-refractivity contribution is -0.121. The molecule has 1 atom stereocenters. The summed E-state index contributed by atoms with van der Waals surface area (Å²) in [6.45, 7) is 0.282. The molecule has 21 heavy (non-hydrogen) atoms. The number of amides is 1. The van der Waals surface area contributed by atoms with Crippen molar-refractivity contribution in [1.82, 2.24) is 5.32 Å². The molecular formula is C17H19NO2S. The molecule has 1 fully saturated rings. The predicted molar refractivity (Wildman–Crippen MR) is 85.1 cm³/mol. The van der Waals surface area contributed by atoms with E-state index in [-0.39, 0.29) is 12.5 Å². The summed E-state index contributed by atoms with van der Waals surface area (Å²) in [7, 11) is 0. The zero-order chi connectivity index (χ0) is 14.7. The van der Waals surface area contributed by atoms with E-state index in [1.807, 2.05) is 35.7 Å². The monoisotopic (exact) mass is 301 g/mol. The average molecular weight is 301 g/mol. The van der Waals surface area contributed by atoms with Crippen molar-refractivity contribution in [3.05, 3.63) is 47.3 Å². The fourth-order valence-corrected chi connectivity index (χ4v) is 3.03. The van der Waals surface area contributed by atoms with Crippen molar-refractivity contribution in [3.63, 3.8) is 0 Å². The molecule has 0 saturated heterocycles. The van der Waals surface area contributed by atoms with Crippen LogP contribution in [0, 0.1) is 5.92 Å². The van der Waals surface area contributed by atoms with Crippen LogP contribution < -0.4 is 5.32 Å². The number of hydrogen-bond acceptors (Lipinski definition) is 3. The number of carbonyl (C=O) groups excluding carboxylic acids is 1. The number of hydrogen-bond donors (Lipinski definition) is 2. The zero-order valence-electron chi connectivity index (χ0n) is 11.8. The van der Waals surface area contributed by atoms with Crippen molar-refractivity contribution in [3.8, 4) is 10.4 Å². The predicted octanol–water partition coefficient (Wildman–Crippen LogP) is 3.36. The summed E-state index contributed by atoms with van der Waals surface area (Å²) in [5.41, 5.74) is 1.99. The van der Waals surface area contributed by atoms with E-state index in [9.17, 15) is 9.90 Å². The quantitative estimate of drug-likeness (QED) is 0.859. The summed E-state index contributed by atoms with van der Waals surface area (Å²) in [4.78, 5) is 12.8. The summed E-state index contributed by atoms with van der Waals surface area (Å²) in [6.07, 6.45) is 2.29. The van der Waals surface area contributed by atoms with Crippen LogP contribution in [0.2, 0.25) is 0 Å². The summed E-state index contributed by atoms with van der Waals surface area (Å²) in [6, 6.07) is 12.0. The average Bonchev–Trinajstić information content (AvgIpc) is 3.15. The van der Waals surface area contributed by atoms with Gasteiger partial charge >= 0.3 is 0 Å². The van der Waals surface area contributed by atoms with E-state index in [2.05, 4.69) is 11.4 Å². The largest absolute Gasteiger partial charge is 0.387 e. The first-order valence-corrected chi connectivity index (χ1v) is 8.19. The van der Waals surface area contributed by atoms with Gasteiger partial charge in [0.05, 0.1) is 6.10 Å². The summed E-state index contributed by atoms with van der Waals surface area (Å²) in [5, 5.41) is 15.0. The van der Waals surface area contributed by atoms with Crippen LogP contribution in [0.3, 0.4) is 0 Å². The maximum atomic E-state index is 11.6. The molecule has 1 unspecified atom stereocenters. The van der Waals surface area contributed by atoms with Crippen LogP contribution in [-0.4, -0.2) is 17.6 Å². The topological polar surface area (TPSA) is 49.3 Å². The minimum absolute atomic E-state index is 0.0479. The fourth-order valence-electron chi connectivity index (χ4n) is 2.30. The minimum Gasteiger partial charge on any atom is -0.387 e. The molecule has 1 aromatic carbocycles. The molecule has 0 spiro atoms. The van der Waals surface area contributed by atoms with Crippen LogP contribution in [0.4, 0.5) is 0 Å². The Hall–Kier alpha value is -1.65. The molecule has 0 aliphatic heterocycles. The van der Waals surface area contributed by atoms with Crippen molar-refractivity contribution in [2.45, 2.75) is 25.4 Å². The van der Waals surface area contributed by atoms with Crippen LogP contribution in [0.5, 0.6) is 0 Å². The number of nitrogens with one attached hydrogen (secondary N) is 1. The molecule has 1 aliphatic rings. The fraction of sp³-hybridized carbons (Fsp3) is 0.353. The molecule has 1 aromatic heterocycles. The van der Waals surface area contributed by atoms with E-state index < -0.39 is 6.10 Å². The summed E-state index contributed by atoms with van der Waals surface area (Å²) in [5.74, 6) is 0.624. The highest BCUT2D eigenvalue weighted by atomic mass is 32.1. The Labute approximate surface area is 128 Å². The van der Waals surface area contributed by atoms with Gasteiger partial charge in [0.1, 0.15) is 0 Å². The second-order valence-corrected chi connectivity index (χ2v) is 6.51. The lowest BCUT2D eigenvalue weighted by Crippen LogP contribution is -2.28. The third-order valence-corrected chi connectivity index (χ3v) is 4.68. The van der Waals surface area contributed by atoms with E-state index in [4.69, 9.17) is 0 Å². The number of benzene rings is 1. The normalized spacial score (nSPS) is 15.7. The number of aliphatic hydroxyl groups excluding tert-OH is 1. The Morgan fingerprint density at radius 3 is 2.67 bits per heavy atom. The first-order valence-electron chi connectivity index (χ1n) is 7.31. The maximum Gasteiger partial charge on any atom is 0.220 e. The molecule has 0 radical (unpaired) electrons. The number of carbonyl (C=O) groups is 1. The zero-order valence-corrected chi connectivity index (χ0v) is 12.6. The first kappa shape index (κ1) is 14.3. The number of rotatable bonds is 6. The van der Waals surface area contributed by atoms with Crippen LogP contribution in [0.1, 0.15) is 30.9 Å². The Bertz CT molecular complexity index is 588. The summed E-state index contributed by atoms with van der Waals surface area (Å²) < 4.78 is 0. The molecule has 4 heteroatoms. The van der Waals surface area contributed by atoms with E-state index in [1.54, 1.807) is 11.3 Å². The smallest absolute Gasteiger partial charge is 0.220 e. The van der Waals surface area contributed by atoms with Gasteiger partial charge in [0.2, 0.25) is 5.91 Å². The van der Waals surface area contributed by atoms with Crippen LogP contribution in [0.15, 0.2) is 41.8 Å². The molecule has 3 nitrogen and oxygen atoms in total. The molecule has 0 bridgehead atoms. The van der Waals surface area contributed by atoms with Crippen molar-refractivity contribution in [1.29, 1.82) is 0 Å². The van der Waals surface area contributed by atoms with Gasteiger partial charge in [0, 0.05) is 17.8 Å². The van der Waals surface area contributed by atoms with Crippen molar-refractivity contribution in [2.75, 3.05) is 6.54 Å². The second-order valence-electron chi connectivity index (χ2n) is 5.57. The SMILES string of the molecule is O=C(CC1CC1)NCC(O)c1ccc(-c2cccs2)cc1. The molecule has 3 rings (SSSR count). The van der Waals surface area contributed by atoms with Crippen molar-refractivity contribution >= 4 is 17.2 Å². The van der Waals surface area contributed by atoms with E-state index in [0.717, 1.165) is 11.1 Å². The molecule has 1 amide bonds. The lowest BCUT2D eigenvalue weighted by atomic mass is 10.1. The Kier molecular flexibility index (Phi) is 4.36. The molecule has 1 heterocycles. The Balaban J connectivity index is 1.54. The molecule has 1 saturated carbocycles. The highest BCUT2D eigenvalue weighted by Gasteiger charge is 2.24. The van der Waals surface area contributed by atoms with E-state index in [1.165, 1.54) is 17.7 Å². The highest BCUT2D eigenvalue weighted by molar-refractivity contribution is 7.13. The first-order chi connectivity index (χ1) is 10.2. The highest BCUT2D eigenvalue weighted by Crippen LogP contribution is 2.32. The maximum absolute atomic E-state index is 11.6. The van der Waals surface area contributed by atoms with Gasteiger partial charge in [0.15, 0.2) is 0 Å². The second kappa shape index (κ2) is 6.41. The molecule has 1 aliphatic carbocycles. The van der Waals surface area contributed by atoms with Crippen LogP contribution in [0.25, 0.3) is 10.4 Å². The van der Waals surface area contributed by atoms with E-state index in [0.29, 0.717) is 12.3 Å². The van der Waals surface area contributed by atoms with Gasteiger partial charge < -0.3 is 10.4 Å². The summed E-state index contributed by atoms with van der Waals surface area (Å²) >= 11 is 1.70. The lowest BCUT2D eigenvalue weighted by Gasteiger charge is -2.12. The van der Waals surface area contributed by atoms with Gasteiger partial charge in [-0.25, -0.2) is 0 Å². The van der Waals surface area contributed by atoms with Gasteiger partial charge in [0.25, 0.3) is 0 Å². The number of thiophene rings is 1. The number of aliphatic hydroxyl groups is 1. The third kappa shape index (κ3) is 3.93. The van der Waals surface area contributed by atoms with Gasteiger partial charge in [-0.15, -0.1) is 11.3 Å². The Morgan fingerprint density at radius 2 is 2.05 bits per heavy atom. The molecule has 110 valence electrons.